The molecule has 2 amide bonds. The molecular weight excluding hydrogens is 466 g/mol. The lowest BCUT2D eigenvalue weighted by molar-refractivity contribution is -0.121. The van der Waals surface area contributed by atoms with Gasteiger partial charge in [0, 0.05) is 24.4 Å². The van der Waals surface area contributed by atoms with Crippen molar-refractivity contribution in [1.29, 1.82) is 0 Å². The van der Waals surface area contributed by atoms with Gasteiger partial charge in [0.05, 0.1) is 21.7 Å². The number of aromatic nitrogens is 2. The number of thioether (sulfide) groups is 1. The zero-order valence-electron chi connectivity index (χ0n) is 16.3. The molecule has 3 aromatic rings. The standard InChI is InChI=1S/C22H18BrN3O3S/c1-3-29-18-10-9-14(11-17(18)23)20-15(12-19-21(27)25(2)22(28)30-19)13-26(24-20)16-7-5-4-6-8-16/h4-13H,3H2,1-2H3/b19-12+. The van der Waals surface area contributed by atoms with Crippen LogP contribution in [-0.4, -0.2) is 39.5 Å². The number of hydrogen-bond donors (Lipinski definition) is 0. The maximum atomic E-state index is 12.4. The van der Waals surface area contributed by atoms with Gasteiger partial charge < -0.3 is 4.74 Å². The summed E-state index contributed by atoms with van der Waals surface area (Å²) in [6.45, 7) is 2.50. The van der Waals surface area contributed by atoms with E-state index in [0.29, 0.717) is 17.2 Å². The van der Waals surface area contributed by atoms with Gasteiger partial charge in [-0.2, -0.15) is 5.10 Å². The number of hydrogen-bond acceptors (Lipinski definition) is 5. The van der Waals surface area contributed by atoms with Gasteiger partial charge in [0.15, 0.2) is 0 Å². The molecule has 152 valence electrons. The number of amides is 2. The van der Waals surface area contributed by atoms with Crippen LogP contribution in [-0.2, 0) is 4.79 Å². The summed E-state index contributed by atoms with van der Waals surface area (Å²) in [5, 5.41) is 4.48. The van der Waals surface area contributed by atoms with E-state index in [1.54, 1.807) is 10.8 Å². The van der Waals surface area contributed by atoms with E-state index < -0.39 is 0 Å². The molecule has 0 bridgehead atoms. The van der Waals surface area contributed by atoms with Crippen molar-refractivity contribution in [2.24, 2.45) is 0 Å². The van der Waals surface area contributed by atoms with Gasteiger partial charge in [0.25, 0.3) is 11.1 Å². The molecular formula is C22H18BrN3O3S. The predicted molar refractivity (Wildman–Crippen MR) is 122 cm³/mol. The number of carbonyl (C=O) groups excluding carboxylic acids is 2. The molecule has 0 atom stereocenters. The molecule has 0 spiro atoms. The molecule has 0 unspecified atom stereocenters. The molecule has 1 aliphatic heterocycles. The highest BCUT2D eigenvalue weighted by Gasteiger charge is 2.32. The Labute approximate surface area is 186 Å². The molecule has 2 heterocycles. The Morgan fingerprint density at radius 2 is 1.93 bits per heavy atom. The molecule has 1 aliphatic rings. The molecule has 8 heteroatoms. The highest BCUT2D eigenvalue weighted by Crippen LogP contribution is 2.36. The second kappa shape index (κ2) is 8.49. The Morgan fingerprint density at radius 3 is 2.57 bits per heavy atom. The maximum absolute atomic E-state index is 12.4. The first-order valence-electron chi connectivity index (χ1n) is 9.27. The number of imide groups is 1. The lowest BCUT2D eigenvalue weighted by Crippen LogP contribution is -2.22. The van der Waals surface area contributed by atoms with Crippen LogP contribution in [0.15, 0.2) is 64.1 Å². The molecule has 0 radical (unpaired) electrons. The van der Waals surface area contributed by atoms with Gasteiger partial charge >= 0.3 is 0 Å². The van der Waals surface area contributed by atoms with Crippen LogP contribution < -0.4 is 4.74 Å². The van der Waals surface area contributed by atoms with E-state index >= 15 is 0 Å². The first-order valence-corrected chi connectivity index (χ1v) is 10.9. The lowest BCUT2D eigenvalue weighted by Gasteiger charge is -2.07. The second-order valence-electron chi connectivity index (χ2n) is 6.53. The van der Waals surface area contributed by atoms with E-state index in [0.717, 1.165) is 43.7 Å². The van der Waals surface area contributed by atoms with E-state index in [-0.39, 0.29) is 11.1 Å². The van der Waals surface area contributed by atoms with Gasteiger partial charge in [-0.1, -0.05) is 18.2 Å². The van der Waals surface area contributed by atoms with Crippen molar-refractivity contribution in [3.05, 3.63) is 69.7 Å². The third-order valence-corrected chi connectivity index (χ3v) is 6.12. The highest BCUT2D eigenvalue weighted by atomic mass is 79.9. The zero-order valence-corrected chi connectivity index (χ0v) is 18.7. The average Bonchev–Trinajstić information content (AvgIpc) is 3.27. The predicted octanol–water partition coefficient (Wildman–Crippen LogP) is 5.37. The summed E-state index contributed by atoms with van der Waals surface area (Å²) in [6, 6.07) is 15.5. The van der Waals surface area contributed by atoms with Gasteiger partial charge in [0.2, 0.25) is 0 Å². The maximum Gasteiger partial charge on any atom is 0.293 e. The molecule has 2 aromatic carbocycles. The van der Waals surface area contributed by atoms with Crippen LogP contribution in [0, 0.1) is 0 Å². The van der Waals surface area contributed by atoms with Crippen LogP contribution in [0.25, 0.3) is 23.0 Å². The van der Waals surface area contributed by atoms with E-state index in [4.69, 9.17) is 9.84 Å². The van der Waals surface area contributed by atoms with E-state index in [9.17, 15) is 9.59 Å². The average molecular weight is 484 g/mol. The Balaban J connectivity index is 1.83. The van der Waals surface area contributed by atoms with Gasteiger partial charge in [0.1, 0.15) is 11.4 Å². The van der Waals surface area contributed by atoms with Crippen LogP contribution in [0.3, 0.4) is 0 Å². The van der Waals surface area contributed by atoms with Crippen molar-refractivity contribution in [1.82, 2.24) is 14.7 Å². The van der Waals surface area contributed by atoms with Crippen molar-refractivity contribution >= 4 is 44.9 Å². The Kier molecular flexibility index (Phi) is 5.78. The van der Waals surface area contributed by atoms with Crippen LogP contribution in [0.2, 0.25) is 0 Å². The molecule has 0 saturated carbocycles. The second-order valence-corrected chi connectivity index (χ2v) is 8.38. The molecule has 0 aliphatic carbocycles. The minimum atomic E-state index is -0.309. The highest BCUT2D eigenvalue weighted by molar-refractivity contribution is 9.10. The Bertz CT molecular complexity index is 1160. The zero-order chi connectivity index (χ0) is 21.3. The molecule has 1 saturated heterocycles. The Morgan fingerprint density at radius 1 is 1.17 bits per heavy atom. The van der Waals surface area contributed by atoms with Crippen LogP contribution in [0.5, 0.6) is 5.75 Å². The quantitative estimate of drug-likeness (QED) is 0.456. The third kappa shape index (κ3) is 3.93. The molecule has 4 rings (SSSR count). The summed E-state index contributed by atoms with van der Waals surface area (Å²) < 4.78 is 8.18. The summed E-state index contributed by atoms with van der Waals surface area (Å²) in [6.07, 6.45) is 3.58. The normalized spacial score (nSPS) is 15.3. The number of carbonyl (C=O) groups is 2. The number of para-hydroxylation sites is 1. The van der Waals surface area contributed by atoms with Crippen molar-refractivity contribution in [2.75, 3.05) is 13.7 Å². The SMILES string of the molecule is CCOc1ccc(-c2nn(-c3ccccc3)cc2/C=C2/SC(=O)N(C)C2=O)cc1Br. The lowest BCUT2D eigenvalue weighted by atomic mass is 10.1. The largest absolute Gasteiger partial charge is 0.493 e. The van der Waals surface area contributed by atoms with Gasteiger partial charge in [-0.05, 0) is 71.0 Å². The molecule has 1 fully saturated rings. The number of halogens is 1. The Hall–Kier alpha value is -2.84. The van der Waals surface area contributed by atoms with Crippen molar-refractivity contribution in [3.63, 3.8) is 0 Å². The first kappa shape index (κ1) is 20.4. The minimum Gasteiger partial charge on any atom is -0.493 e. The number of rotatable bonds is 5. The van der Waals surface area contributed by atoms with Crippen LogP contribution in [0.4, 0.5) is 4.79 Å². The van der Waals surface area contributed by atoms with Crippen molar-refractivity contribution < 1.29 is 14.3 Å². The summed E-state index contributed by atoms with van der Waals surface area (Å²) >= 11 is 4.48. The molecule has 30 heavy (non-hydrogen) atoms. The molecule has 0 N–H and O–H groups in total. The first-order chi connectivity index (χ1) is 14.5. The summed E-state index contributed by atoms with van der Waals surface area (Å²) in [5.41, 5.74) is 3.20. The van der Waals surface area contributed by atoms with E-state index in [1.165, 1.54) is 7.05 Å². The topological polar surface area (TPSA) is 64.4 Å². The van der Waals surface area contributed by atoms with E-state index in [1.807, 2.05) is 61.7 Å². The van der Waals surface area contributed by atoms with Gasteiger partial charge in [-0.25, -0.2) is 4.68 Å². The summed E-state index contributed by atoms with van der Waals surface area (Å²) in [5.74, 6) is 0.439. The fraction of sp³-hybridized carbons (Fsp3) is 0.136. The smallest absolute Gasteiger partial charge is 0.293 e. The minimum absolute atomic E-state index is 0.285. The number of ether oxygens (including phenoxy) is 1. The molecule has 1 aromatic heterocycles. The fourth-order valence-corrected chi connectivity index (χ4v) is 4.35. The third-order valence-electron chi connectivity index (χ3n) is 4.54. The monoisotopic (exact) mass is 483 g/mol. The van der Waals surface area contributed by atoms with Gasteiger partial charge in [-0.3, -0.25) is 14.5 Å². The van der Waals surface area contributed by atoms with Crippen molar-refractivity contribution in [2.45, 2.75) is 6.92 Å². The van der Waals surface area contributed by atoms with Crippen LogP contribution >= 0.6 is 27.7 Å². The fourth-order valence-electron chi connectivity index (χ4n) is 3.04. The number of nitrogens with zero attached hydrogens (tertiary/aromatic N) is 3. The van der Waals surface area contributed by atoms with Crippen molar-refractivity contribution in [3.8, 4) is 22.7 Å². The van der Waals surface area contributed by atoms with Gasteiger partial charge in [-0.15, -0.1) is 0 Å². The van der Waals surface area contributed by atoms with Crippen LogP contribution in [0.1, 0.15) is 12.5 Å². The number of benzene rings is 2. The van der Waals surface area contributed by atoms with E-state index in [2.05, 4.69) is 15.9 Å². The molecule has 6 nitrogen and oxygen atoms in total. The number of likely N-dealkylation sites (N-methyl/N-ethyl adjacent to an activating group) is 1. The summed E-state index contributed by atoms with van der Waals surface area (Å²) in [7, 11) is 1.48. The summed E-state index contributed by atoms with van der Waals surface area (Å²) in [4.78, 5) is 25.8.